The second kappa shape index (κ2) is 9.49. The van der Waals surface area contributed by atoms with Gasteiger partial charge in [0.15, 0.2) is 0 Å². The molecule has 6 heteroatoms. The lowest BCUT2D eigenvalue weighted by atomic mass is 10.1. The van der Waals surface area contributed by atoms with Crippen molar-refractivity contribution in [2.24, 2.45) is 0 Å². The molecule has 3 aromatic carbocycles. The summed E-state index contributed by atoms with van der Waals surface area (Å²) in [6.45, 7) is 1.59. The van der Waals surface area contributed by atoms with Gasteiger partial charge in [0, 0.05) is 6.54 Å². The van der Waals surface area contributed by atoms with Gasteiger partial charge in [0.25, 0.3) is 0 Å². The summed E-state index contributed by atoms with van der Waals surface area (Å²) in [5.41, 5.74) is 2.85. The SMILES string of the molecule is O=C(O)Cc1ccc(S(=O)(=O)c2ccc(CCNCc3ccccc3)cc2)cc1. The Morgan fingerprint density at radius 3 is 1.86 bits per heavy atom. The molecule has 0 spiro atoms. The van der Waals surface area contributed by atoms with Gasteiger partial charge in [-0.25, -0.2) is 8.42 Å². The highest BCUT2D eigenvalue weighted by Crippen LogP contribution is 2.22. The van der Waals surface area contributed by atoms with Gasteiger partial charge in [0.05, 0.1) is 16.2 Å². The van der Waals surface area contributed by atoms with Gasteiger partial charge in [0.2, 0.25) is 9.84 Å². The number of sulfone groups is 1. The van der Waals surface area contributed by atoms with Crippen LogP contribution in [0.15, 0.2) is 88.7 Å². The largest absolute Gasteiger partial charge is 0.481 e. The van der Waals surface area contributed by atoms with Crippen LogP contribution in [-0.2, 0) is 34.0 Å². The minimum absolute atomic E-state index is 0.132. The fourth-order valence-corrected chi connectivity index (χ4v) is 4.25. The van der Waals surface area contributed by atoms with E-state index in [-0.39, 0.29) is 16.2 Å². The lowest BCUT2D eigenvalue weighted by Crippen LogP contribution is -2.16. The van der Waals surface area contributed by atoms with Crippen molar-refractivity contribution in [2.45, 2.75) is 29.2 Å². The van der Waals surface area contributed by atoms with Crippen LogP contribution in [0.2, 0.25) is 0 Å². The van der Waals surface area contributed by atoms with Crippen molar-refractivity contribution in [2.75, 3.05) is 6.54 Å². The topological polar surface area (TPSA) is 83.5 Å². The van der Waals surface area contributed by atoms with E-state index >= 15 is 0 Å². The summed E-state index contributed by atoms with van der Waals surface area (Å²) in [7, 11) is -3.63. The van der Waals surface area contributed by atoms with Crippen LogP contribution in [0.4, 0.5) is 0 Å². The molecule has 3 aromatic rings. The highest BCUT2D eigenvalue weighted by molar-refractivity contribution is 7.91. The van der Waals surface area contributed by atoms with E-state index in [1.165, 1.54) is 29.8 Å². The predicted octanol–water partition coefficient (Wildman–Crippen LogP) is 3.48. The van der Waals surface area contributed by atoms with Gasteiger partial charge in [-0.2, -0.15) is 0 Å². The quantitative estimate of drug-likeness (QED) is 0.529. The molecule has 0 heterocycles. The lowest BCUT2D eigenvalue weighted by molar-refractivity contribution is -0.136. The van der Waals surface area contributed by atoms with Crippen LogP contribution in [0.1, 0.15) is 16.7 Å². The highest BCUT2D eigenvalue weighted by Gasteiger charge is 2.17. The predicted molar refractivity (Wildman–Crippen MR) is 112 cm³/mol. The van der Waals surface area contributed by atoms with E-state index in [9.17, 15) is 13.2 Å². The normalized spacial score (nSPS) is 11.3. The van der Waals surface area contributed by atoms with Crippen LogP contribution in [0.25, 0.3) is 0 Å². The summed E-state index contributed by atoms with van der Waals surface area (Å²) in [4.78, 5) is 11.1. The number of benzene rings is 3. The molecule has 0 bridgehead atoms. The zero-order valence-electron chi connectivity index (χ0n) is 15.9. The fourth-order valence-electron chi connectivity index (χ4n) is 2.99. The van der Waals surface area contributed by atoms with Crippen LogP contribution in [0.5, 0.6) is 0 Å². The summed E-state index contributed by atoms with van der Waals surface area (Å²) in [6.07, 6.45) is 0.671. The van der Waals surface area contributed by atoms with Gasteiger partial charge in [-0.1, -0.05) is 54.6 Å². The average Bonchev–Trinajstić information content (AvgIpc) is 2.72. The minimum atomic E-state index is -3.63. The molecule has 5 nitrogen and oxygen atoms in total. The van der Waals surface area contributed by atoms with E-state index < -0.39 is 15.8 Å². The molecular formula is C23H23NO4S. The average molecular weight is 410 g/mol. The van der Waals surface area contributed by atoms with Crippen LogP contribution in [-0.4, -0.2) is 26.0 Å². The molecule has 0 saturated heterocycles. The molecule has 0 amide bonds. The molecule has 0 atom stereocenters. The maximum absolute atomic E-state index is 12.8. The number of carboxylic acids is 1. The van der Waals surface area contributed by atoms with Gasteiger partial charge in [-0.3, -0.25) is 4.79 Å². The standard InChI is InChI=1S/C23H23NO4S/c25-23(26)16-19-8-12-22(13-9-19)29(27,28)21-10-6-18(7-11-21)14-15-24-17-20-4-2-1-3-5-20/h1-13,24H,14-17H2,(H,25,26). The van der Waals surface area contributed by atoms with Crippen molar-refractivity contribution in [3.63, 3.8) is 0 Å². The van der Waals surface area contributed by atoms with Gasteiger partial charge < -0.3 is 10.4 Å². The summed E-state index contributed by atoms with van der Waals surface area (Å²) in [5.74, 6) is -0.950. The van der Waals surface area contributed by atoms with Gasteiger partial charge in [0.1, 0.15) is 0 Å². The third-order valence-corrected chi connectivity index (χ3v) is 6.37. The molecular weight excluding hydrogens is 386 g/mol. The molecule has 0 fully saturated rings. The Balaban J connectivity index is 1.59. The van der Waals surface area contributed by atoms with E-state index in [0.717, 1.165) is 25.1 Å². The van der Waals surface area contributed by atoms with Crippen molar-refractivity contribution in [3.05, 3.63) is 95.6 Å². The maximum Gasteiger partial charge on any atom is 0.307 e. The first-order valence-electron chi connectivity index (χ1n) is 9.34. The summed E-state index contributed by atoms with van der Waals surface area (Å²) >= 11 is 0. The number of rotatable bonds is 9. The van der Waals surface area contributed by atoms with Crippen LogP contribution in [0.3, 0.4) is 0 Å². The van der Waals surface area contributed by atoms with Gasteiger partial charge in [-0.05, 0) is 53.9 Å². The molecule has 0 aliphatic rings. The first kappa shape index (κ1) is 20.8. The lowest BCUT2D eigenvalue weighted by Gasteiger charge is -2.08. The Labute approximate surface area is 171 Å². The fraction of sp³-hybridized carbons (Fsp3) is 0.174. The third kappa shape index (κ3) is 5.76. The maximum atomic E-state index is 12.8. The number of carbonyl (C=O) groups is 1. The van der Waals surface area contributed by atoms with Crippen LogP contribution < -0.4 is 5.32 Å². The van der Waals surface area contributed by atoms with Crippen LogP contribution >= 0.6 is 0 Å². The zero-order valence-corrected chi connectivity index (χ0v) is 16.7. The second-order valence-electron chi connectivity index (χ2n) is 6.77. The van der Waals surface area contributed by atoms with Crippen molar-refractivity contribution in [3.8, 4) is 0 Å². The van der Waals surface area contributed by atoms with Crippen molar-refractivity contribution < 1.29 is 18.3 Å². The molecule has 29 heavy (non-hydrogen) atoms. The molecule has 0 saturated carbocycles. The Kier molecular flexibility index (Phi) is 6.80. The van der Waals surface area contributed by atoms with E-state index in [4.69, 9.17) is 5.11 Å². The monoisotopic (exact) mass is 409 g/mol. The Bertz CT molecular complexity index is 1040. The molecule has 150 valence electrons. The first-order valence-corrected chi connectivity index (χ1v) is 10.8. The molecule has 0 radical (unpaired) electrons. The molecule has 0 unspecified atom stereocenters. The first-order chi connectivity index (χ1) is 13.9. The highest BCUT2D eigenvalue weighted by atomic mass is 32.2. The summed E-state index contributed by atoms with van der Waals surface area (Å²) in [6, 6.07) is 23.0. The van der Waals surface area contributed by atoms with Crippen LogP contribution in [0, 0.1) is 0 Å². The molecule has 0 aliphatic carbocycles. The molecule has 0 aromatic heterocycles. The molecule has 2 N–H and O–H groups in total. The van der Waals surface area contributed by atoms with Gasteiger partial charge >= 0.3 is 5.97 Å². The Hall–Kier alpha value is -2.96. The van der Waals surface area contributed by atoms with E-state index in [1.807, 2.05) is 30.3 Å². The van der Waals surface area contributed by atoms with Crippen molar-refractivity contribution in [1.82, 2.24) is 5.32 Å². The van der Waals surface area contributed by atoms with Crippen molar-refractivity contribution in [1.29, 1.82) is 0 Å². The third-order valence-electron chi connectivity index (χ3n) is 4.59. The number of nitrogens with one attached hydrogen (secondary N) is 1. The molecule has 3 rings (SSSR count). The summed E-state index contributed by atoms with van der Waals surface area (Å²) < 4.78 is 25.5. The van der Waals surface area contributed by atoms with E-state index in [1.54, 1.807) is 12.1 Å². The smallest absolute Gasteiger partial charge is 0.307 e. The number of hydrogen-bond acceptors (Lipinski definition) is 4. The Morgan fingerprint density at radius 2 is 1.31 bits per heavy atom. The Morgan fingerprint density at radius 1 is 0.759 bits per heavy atom. The number of hydrogen-bond donors (Lipinski definition) is 2. The van der Waals surface area contributed by atoms with Gasteiger partial charge in [-0.15, -0.1) is 0 Å². The minimum Gasteiger partial charge on any atom is -0.481 e. The summed E-state index contributed by atoms with van der Waals surface area (Å²) in [5, 5.41) is 12.2. The van der Waals surface area contributed by atoms with E-state index in [0.29, 0.717) is 5.56 Å². The van der Waals surface area contributed by atoms with E-state index in [2.05, 4.69) is 17.4 Å². The van der Waals surface area contributed by atoms with Crippen molar-refractivity contribution >= 4 is 15.8 Å². The number of aliphatic carboxylic acids is 1. The second-order valence-corrected chi connectivity index (χ2v) is 8.72. The zero-order chi connectivity index (χ0) is 20.7. The molecule has 0 aliphatic heterocycles. The number of carboxylic acid groups (broad SMARTS) is 1.